The van der Waals surface area contributed by atoms with Crippen molar-refractivity contribution in [2.75, 3.05) is 26.0 Å². The minimum Gasteiger partial charge on any atom is -0.465 e. The second-order valence-corrected chi connectivity index (χ2v) is 7.87. The fourth-order valence-electron chi connectivity index (χ4n) is 2.89. The molecule has 1 fully saturated rings. The van der Waals surface area contributed by atoms with Gasteiger partial charge in [-0.2, -0.15) is 0 Å². The number of carbonyl (C=O) groups is 1. The molecule has 20 heavy (non-hydrogen) atoms. The maximum atomic E-state index is 11.7. The van der Waals surface area contributed by atoms with Crippen LogP contribution in [0.4, 0.5) is 0 Å². The predicted octanol–water partition coefficient (Wildman–Crippen LogP) is 1.62. The van der Waals surface area contributed by atoms with E-state index in [9.17, 15) is 13.2 Å². The molecule has 0 saturated heterocycles. The van der Waals surface area contributed by atoms with Crippen molar-refractivity contribution in [1.82, 2.24) is 4.90 Å². The van der Waals surface area contributed by atoms with Crippen molar-refractivity contribution in [2.45, 2.75) is 57.2 Å². The van der Waals surface area contributed by atoms with Crippen LogP contribution >= 0.6 is 0 Å². The first-order valence-electron chi connectivity index (χ1n) is 7.47. The van der Waals surface area contributed by atoms with Crippen LogP contribution in [0.1, 0.15) is 46.0 Å². The Hall–Kier alpha value is -0.620. The monoisotopic (exact) mass is 305 g/mol. The summed E-state index contributed by atoms with van der Waals surface area (Å²) in [6, 6.07) is 0.174. The van der Waals surface area contributed by atoms with Crippen LogP contribution in [0.25, 0.3) is 0 Å². The molecular weight excluding hydrogens is 278 g/mol. The molecule has 1 saturated carbocycles. The fraction of sp³-hybridized carbons (Fsp3) is 0.929. The van der Waals surface area contributed by atoms with E-state index in [0.29, 0.717) is 13.0 Å². The number of sulfone groups is 1. The molecule has 0 radical (unpaired) electrons. The van der Waals surface area contributed by atoms with Crippen LogP contribution in [0.15, 0.2) is 0 Å². The zero-order chi connectivity index (χ0) is 15.2. The van der Waals surface area contributed by atoms with E-state index >= 15 is 0 Å². The number of carbonyl (C=O) groups excluding carboxylic acids is 1. The Labute approximate surface area is 122 Å². The molecule has 1 aliphatic rings. The Bertz CT molecular complexity index is 407. The van der Waals surface area contributed by atoms with Gasteiger partial charge in [-0.1, -0.05) is 13.3 Å². The second-order valence-electron chi connectivity index (χ2n) is 5.55. The average molecular weight is 305 g/mol. The van der Waals surface area contributed by atoms with E-state index in [4.69, 9.17) is 4.74 Å². The van der Waals surface area contributed by atoms with E-state index in [2.05, 4.69) is 11.8 Å². The molecule has 0 aliphatic heterocycles. The summed E-state index contributed by atoms with van der Waals surface area (Å²) in [5, 5.41) is -0.261. The van der Waals surface area contributed by atoms with E-state index in [1.165, 1.54) is 6.26 Å². The van der Waals surface area contributed by atoms with Crippen molar-refractivity contribution in [2.24, 2.45) is 0 Å². The molecule has 0 aromatic heterocycles. The van der Waals surface area contributed by atoms with Gasteiger partial charge in [0, 0.05) is 12.3 Å². The molecule has 0 amide bonds. The third-order valence-corrected chi connectivity index (χ3v) is 5.51. The molecular formula is C14H27NO4S. The number of hydrogen-bond acceptors (Lipinski definition) is 5. The highest BCUT2D eigenvalue weighted by Gasteiger charge is 2.32. The Balaban J connectivity index is 2.68. The summed E-state index contributed by atoms with van der Waals surface area (Å²) in [4.78, 5) is 13.8. The normalized spacial score (nSPS) is 23.8. The van der Waals surface area contributed by atoms with Crippen LogP contribution in [0.5, 0.6) is 0 Å². The van der Waals surface area contributed by atoms with Crippen LogP contribution in [0, 0.1) is 0 Å². The van der Waals surface area contributed by atoms with E-state index < -0.39 is 9.84 Å². The van der Waals surface area contributed by atoms with Crippen molar-refractivity contribution in [3.8, 4) is 0 Å². The van der Waals surface area contributed by atoms with Crippen LogP contribution in [-0.2, 0) is 19.4 Å². The number of nitrogens with zero attached hydrogens (tertiary/aromatic N) is 1. The van der Waals surface area contributed by atoms with Crippen LogP contribution < -0.4 is 0 Å². The first-order chi connectivity index (χ1) is 9.38. The lowest BCUT2D eigenvalue weighted by molar-refractivity contribution is -0.145. The Morgan fingerprint density at radius 1 is 1.30 bits per heavy atom. The molecule has 0 bridgehead atoms. The molecule has 0 spiro atoms. The van der Waals surface area contributed by atoms with Crippen molar-refractivity contribution in [3.63, 3.8) is 0 Å². The summed E-state index contributed by atoms with van der Waals surface area (Å²) in [5.74, 6) is -0.220. The quantitative estimate of drug-likeness (QED) is 0.669. The fourth-order valence-corrected chi connectivity index (χ4v) is 4.06. The molecule has 2 atom stereocenters. The summed E-state index contributed by atoms with van der Waals surface area (Å²) >= 11 is 0. The van der Waals surface area contributed by atoms with Gasteiger partial charge in [0.05, 0.1) is 18.4 Å². The molecule has 1 rings (SSSR count). The number of ether oxygens (including phenoxy) is 1. The second kappa shape index (κ2) is 7.98. The maximum Gasteiger partial charge on any atom is 0.320 e. The molecule has 0 heterocycles. The highest BCUT2D eigenvalue weighted by Crippen LogP contribution is 2.27. The van der Waals surface area contributed by atoms with Gasteiger partial charge in [0.15, 0.2) is 0 Å². The minimum absolute atomic E-state index is 0.174. The maximum absolute atomic E-state index is 11.7. The largest absolute Gasteiger partial charge is 0.465 e. The average Bonchev–Trinajstić information content (AvgIpc) is 2.38. The van der Waals surface area contributed by atoms with Gasteiger partial charge in [-0.3, -0.25) is 9.69 Å². The van der Waals surface area contributed by atoms with Crippen molar-refractivity contribution in [1.29, 1.82) is 0 Å². The smallest absolute Gasteiger partial charge is 0.320 e. The van der Waals surface area contributed by atoms with Crippen molar-refractivity contribution >= 4 is 15.8 Å². The zero-order valence-electron chi connectivity index (χ0n) is 12.8. The Morgan fingerprint density at radius 3 is 2.55 bits per heavy atom. The SMILES string of the molecule is CCCN(CC(=O)OCC)C1CCCC(S(C)(=O)=O)C1. The van der Waals surface area contributed by atoms with Crippen LogP contribution in [0.3, 0.4) is 0 Å². The van der Waals surface area contributed by atoms with Gasteiger partial charge in [0.1, 0.15) is 9.84 Å². The van der Waals surface area contributed by atoms with Crippen LogP contribution in [0.2, 0.25) is 0 Å². The zero-order valence-corrected chi connectivity index (χ0v) is 13.6. The first kappa shape index (κ1) is 17.4. The van der Waals surface area contributed by atoms with Gasteiger partial charge in [0.2, 0.25) is 0 Å². The van der Waals surface area contributed by atoms with Gasteiger partial charge in [-0.15, -0.1) is 0 Å². The number of rotatable bonds is 7. The summed E-state index contributed by atoms with van der Waals surface area (Å²) in [5.41, 5.74) is 0. The Kier molecular flexibility index (Phi) is 6.95. The number of esters is 1. The van der Waals surface area contributed by atoms with Gasteiger partial charge >= 0.3 is 5.97 Å². The van der Waals surface area contributed by atoms with Gasteiger partial charge in [-0.25, -0.2) is 8.42 Å². The third kappa shape index (κ3) is 5.40. The van der Waals surface area contributed by atoms with E-state index in [0.717, 1.165) is 32.2 Å². The third-order valence-electron chi connectivity index (χ3n) is 3.87. The molecule has 1 aliphatic carbocycles. The Morgan fingerprint density at radius 2 is 2.00 bits per heavy atom. The lowest BCUT2D eigenvalue weighted by Crippen LogP contribution is -2.45. The minimum atomic E-state index is -2.99. The summed E-state index contributed by atoms with van der Waals surface area (Å²) < 4.78 is 28.5. The number of hydrogen-bond donors (Lipinski definition) is 0. The van der Waals surface area contributed by atoms with Gasteiger partial charge < -0.3 is 4.74 Å². The van der Waals surface area contributed by atoms with E-state index in [1.54, 1.807) is 6.92 Å². The highest BCUT2D eigenvalue weighted by atomic mass is 32.2. The van der Waals surface area contributed by atoms with Crippen molar-refractivity contribution in [3.05, 3.63) is 0 Å². The van der Waals surface area contributed by atoms with E-state index in [-0.39, 0.29) is 23.8 Å². The molecule has 118 valence electrons. The summed E-state index contributed by atoms with van der Waals surface area (Å²) in [7, 11) is -2.99. The van der Waals surface area contributed by atoms with Crippen LogP contribution in [-0.4, -0.2) is 56.5 Å². The van der Waals surface area contributed by atoms with Crippen molar-refractivity contribution < 1.29 is 17.9 Å². The molecule has 6 heteroatoms. The van der Waals surface area contributed by atoms with Gasteiger partial charge in [-0.05, 0) is 39.2 Å². The highest BCUT2D eigenvalue weighted by molar-refractivity contribution is 7.91. The molecule has 2 unspecified atom stereocenters. The lowest BCUT2D eigenvalue weighted by atomic mass is 9.93. The summed E-state index contributed by atoms with van der Waals surface area (Å²) in [6.45, 7) is 5.32. The molecule has 0 aromatic carbocycles. The molecule has 0 aromatic rings. The molecule has 5 nitrogen and oxygen atoms in total. The lowest BCUT2D eigenvalue weighted by Gasteiger charge is -2.36. The first-order valence-corrected chi connectivity index (χ1v) is 9.42. The predicted molar refractivity (Wildman–Crippen MR) is 79.4 cm³/mol. The summed E-state index contributed by atoms with van der Waals surface area (Å²) in [6.07, 6.45) is 5.51. The van der Waals surface area contributed by atoms with E-state index in [1.807, 2.05) is 0 Å². The molecule has 0 N–H and O–H groups in total. The standard InChI is InChI=1S/C14H27NO4S/c1-4-9-15(11-14(16)19-5-2)12-7-6-8-13(10-12)20(3,17)18/h12-13H,4-11H2,1-3H3. The topological polar surface area (TPSA) is 63.7 Å². The van der Waals surface area contributed by atoms with Gasteiger partial charge in [0.25, 0.3) is 0 Å².